The van der Waals surface area contributed by atoms with Gasteiger partial charge < -0.3 is 10.4 Å². The summed E-state index contributed by atoms with van der Waals surface area (Å²) in [6.07, 6.45) is 0.900. The molecule has 2 aromatic carbocycles. The summed E-state index contributed by atoms with van der Waals surface area (Å²) < 4.78 is 0. The molecular formula is C19H21NO3S. The largest absolute Gasteiger partial charge is 0.480 e. The molecule has 0 bridgehead atoms. The van der Waals surface area contributed by atoms with Crippen LogP contribution in [0, 0.1) is 0 Å². The minimum absolute atomic E-state index is 0.241. The minimum Gasteiger partial charge on any atom is -0.480 e. The quantitative estimate of drug-likeness (QED) is 0.721. The fraction of sp³-hybridized carbons (Fsp3) is 0.263. The van der Waals surface area contributed by atoms with Gasteiger partial charge in [-0.25, -0.2) is 4.79 Å². The summed E-state index contributed by atoms with van der Waals surface area (Å²) in [6.45, 7) is 1.92. The lowest BCUT2D eigenvalue weighted by Crippen LogP contribution is -2.45. The van der Waals surface area contributed by atoms with E-state index in [1.807, 2.05) is 67.6 Å². The van der Waals surface area contributed by atoms with Crippen LogP contribution in [0.25, 0.3) is 0 Å². The number of rotatable bonds is 8. The summed E-state index contributed by atoms with van der Waals surface area (Å²) in [4.78, 5) is 25.0. The van der Waals surface area contributed by atoms with Gasteiger partial charge in [0.25, 0.3) is 0 Å². The summed E-state index contributed by atoms with van der Waals surface area (Å²) in [5.41, 5.74) is 0.883. The number of carbonyl (C=O) groups is 2. The molecule has 24 heavy (non-hydrogen) atoms. The number of carboxylic acid groups (broad SMARTS) is 1. The van der Waals surface area contributed by atoms with Crippen LogP contribution in [0.2, 0.25) is 0 Å². The van der Waals surface area contributed by atoms with Gasteiger partial charge in [0, 0.05) is 11.3 Å². The molecule has 1 amide bonds. The zero-order valence-electron chi connectivity index (χ0n) is 13.5. The highest BCUT2D eigenvalue weighted by Crippen LogP contribution is 2.25. The van der Waals surface area contributed by atoms with Gasteiger partial charge in [-0.2, -0.15) is 0 Å². The van der Waals surface area contributed by atoms with Crippen molar-refractivity contribution in [1.82, 2.24) is 5.32 Å². The van der Waals surface area contributed by atoms with Crippen LogP contribution in [-0.2, 0) is 16.0 Å². The van der Waals surface area contributed by atoms with Crippen LogP contribution in [0.4, 0.5) is 0 Å². The first-order chi connectivity index (χ1) is 11.6. The molecule has 126 valence electrons. The summed E-state index contributed by atoms with van der Waals surface area (Å²) in [5.74, 6) is -1.26. The Hall–Kier alpha value is -2.27. The Bertz CT molecular complexity index is 661. The molecule has 0 saturated carbocycles. The topological polar surface area (TPSA) is 66.4 Å². The summed E-state index contributed by atoms with van der Waals surface area (Å²) in [6, 6.07) is 18.0. The zero-order valence-corrected chi connectivity index (χ0v) is 14.3. The van der Waals surface area contributed by atoms with E-state index < -0.39 is 12.0 Å². The number of carbonyl (C=O) groups excluding carboxylic acids is 1. The van der Waals surface area contributed by atoms with Crippen molar-refractivity contribution in [2.75, 3.05) is 0 Å². The average Bonchev–Trinajstić information content (AvgIpc) is 2.60. The SMILES string of the molecule is CCC(Sc1ccccc1)C(=O)N[C@@H](Cc1ccccc1)C(=O)O. The normalized spacial score (nSPS) is 13.0. The first-order valence-corrected chi connectivity index (χ1v) is 8.77. The molecule has 2 atom stereocenters. The van der Waals surface area contributed by atoms with E-state index in [0.717, 1.165) is 10.5 Å². The molecular weight excluding hydrogens is 322 g/mol. The maximum Gasteiger partial charge on any atom is 0.326 e. The lowest BCUT2D eigenvalue weighted by Gasteiger charge is -2.19. The highest BCUT2D eigenvalue weighted by atomic mass is 32.2. The van der Waals surface area contributed by atoms with Gasteiger partial charge in [0.05, 0.1) is 5.25 Å². The Balaban J connectivity index is 2.01. The van der Waals surface area contributed by atoms with Crippen LogP contribution in [0.3, 0.4) is 0 Å². The molecule has 4 nitrogen and oxygen atoms in total. The van der Waals surface area contributed by atoms with Crippen molar-refractivity contribution in [2.24, 2.45) is 0 Å². The van der Waals surface area contributed by atoms with Crippen molar-refractivity contribution >= 4 is 23.6 Å². The van der Waals surface area contributed by atoms with Gasteiger partial charge in [-0.1, -0.05) is 55.5 Å². The Morgan fingerprint density at radius 1 is 1.04 bits per heavy atom. The third-order valence-corrected chi connectivity index (χ3v) is 4.96. The molecule has 0 radical (unpaired) electrons. The predicted octanol–water partition coefficient (Wildman–Crippen LogP) is 3.37. The number of amides is 1. The van der Waals surface area contributed by atoms with E-state index in [0.29, 0.717) is 6.42 Å². The molecule has 2 aromatic rings. The number of thioether (sulfide) groups is 1. The fourth-order valence-corrected chi connectivity index (χ4v) is 3.28. The van der Waals surface area contributed by atoms with Crippen molar-refractivity contribution in [2.45, 2.75) is 36.0 Å². The van der Waals surface area contributed by atoms with Gasteiger partial charge in [0.2, 0.25) is 5.91 Å². The van der Waals surface area contributed by atoms with Gasteiger partial charge in [-0.05, 0) is 24.1 Å². The molecule has 2 rings (SSSR count). The van der Waals surface area contributed by atoms with E-state index in [9.17, 15) is 14.7 Å². The van der Waals surface area contributed by atoms with Crippen LogP contribution in [0.1, 0.15) is 18.9 Å². The Morgan fingerprint density at radius 2 is 1.62 bits per heavy atom. The van der Waals surface area contributed by atoms with E-state index in [1.165, 1.54) is 11.8 Å². The Kier molecular flexibility index (Phi) is 6.88. The molecule has 0 aliphatic carbocycles. The van der Waals surface area contributed by atoms with E-state index in [-0.39, 0.29) is 17.6 Å². The van der Waals surface area contributed by atoms with Crippen LogP contribution < -0.4 is 5.32 Å². The molecule has 0 spiro atoms. The molecule has 0 heterocycles. The van der Waals surface area contributed by atoms with Crippen molar-refractivity contribution in [1.29, 1.82) is 0 Å². The number of carboxylic acids is 1. The smallest absolute Gasteiger partial charge is 0.326 e. The molecule has 0 fully saturated rings. The van der Waals surface area contributed by atoms with Crippen LogP contribution >= 0.6 is 11.8 Å². The average molecular weight is 343 g/mol. The summed E-state index contributed by atoms with van der Waals surface area (Å²) in [7, 11) is 0. The Labute approximate surface area is 146 Å². The van der Waals surface area contributed by atoms with E-state index in [1.54, 1.807) is 0 Å². The predicted molar refractivity (Wildman–Crippen MR) is 96.1 cm³/mol. The lowest BCUT2D eigenvalue weighted by molar-refractivity contribution is -0.141. The van der Waals surface area contributed by atoms with Gasteiger partial charge in [0.15, 0.2) is 0 Å². The van der Waals surface area contributed by atoms with Crippen molar-refractivity contribution in [3.05, 3.63) is 66.2 Å². The van der Waals surface area contributed by atoms with E-state index >= 15 is 0 Å². The lowest BCUT2D eigenvalue weighted by atomic mass is 10.1. The number of aliphatic carboxylic acids is 1. The first kappa shape index (κ1) is 18.1. The number of nitrogens with one attached hydrogen (secondary N) is 1. The number of benzene rings is 2. The summed E-state index contributed by atoms with van der Waals surface area (Å²) >= 11 is 1.45. The molecule has 0 aliphatic rings. The van der Waals surface area contributed by atoms with Gasteiger partial charge in [0.1, 0.15) is 6.04 Å². The monoisotopic (exact) mass is 343 g/mol. The molecule has 0 aromatic heterocycles. The van der Waals surface area contributed by atoms with Crippen LogP contribution in [0.5, 0.6) is 0 Å². The van der Waals surface area contributed by atoms with Gasteiger partial charge in [-0.3, -0.25) is 4.79 Å². The van der Waals surface area contributed by atoms with Crippen LogP contribution in [-0.4, -0.2) is 28.3 Å². The molecule has 5 heteroatoms. The third-order valence-electron chi connectivity index (χ3n) is 3.58. The Morgan fingerprint density at radius 3 is 2.17 bits per heavy atom. The zero-order chi connectivity index (χ0) is 17.4. The maximum atomic E-state index is 12.5. The van der Waals surface area contributed by atoms with Crippen LogP contribution in [0.15, 0.2) is 65.6 Å². The van der Waals surface area contributed by atoms with E-state index in [4.69, 9.17) is 0 Å². The third kappa shape index (κ3) is 5.42. The second-order valence-electron chi connectivity index (χ2n) is 5.42. The van der Waals surface area contributed by atoms with Crippen molar-refractivity contribution in [3.8, 4) is 0 Å². The molecule has 2 N–H and O–H groups in total. The molecule has 0 aliphatic heterocycles. The summed E-state index contributed by atoms with van der Waals surface area (Å²) in [5, 5.41) is 11.8. The van der Waals surface area contributed by atoms with Gasteiger partial charge >= 0.3 is 5.97 Å². The fourth-order valence-electron chi connectivity index (χ4n) is 2.30. The molecule has 0 saturated heterocycles. The minimum atomic E-state index is -1.02. The second kappa shape index (κ2) is 9.13. The second-order valence-corrected chi connectivity index (χ2v) is 6.69. The van der Waals surface area contributed by atoms with Crippen molar-refractivity contribution < 1.29 is 14.7 Å². The standard InChI is InChI=1S/C19H21NO3S/c1-2-17(24-15-11-7-4-8-12-15)18(21)20-16(19(22)23)13-14-9-5-3-6-10-14/h3-12,16-17H,2,13H2,1H3,(H,20,21)(H,22,23)/t16-,17?/m0/s1. The highest BCUT2D eigenvalue weighted by Gasteiger charge is 2.25. The maximum absolute atomic E-state index is 12.5. The van der Waals surface area contributed by atoms with Gasteiger partial charge in [-0.15, -0.1) is 11.8 Å². The molecule has 1 unspecified atom stereocenters. The van der Waals surface area contributed by atoms with Crippen molar-refractivity contribution in [3.63, 3.8) is 0 Å². The van der Waals surface area contributed by atoms with E-state index in [2.05, 4.69) is 5.32 Å². The number of hydrogen-bond acceptors (Lipinski definition) is 3. The highest BCUT2D eigenvalue weighted by molar-refractivity contribution is 8.00. The number of hydrogen-bond donors (Lipinski definition) is 2. The first-order valence-electron chi connectivity index (χ1n) is 7.89.